The quantitative estimate of drug-likeness (QED) is 0.897. The molecule has 3 rings (SSSR count). The van der Waals surface area contributed by atoms with E-state index in [4.69, 9.17) is 15.2 Å². The number of likely N-dealkylation sites (tertiary alicyclic amines) is 1. The van der Waals surface area contributed by atoms with Crippen molar-refractivity contribution < 1.29 is 9.47 Å². The highest BCUT2D eigenvalue weighted by Crippen LogP contribution is 2.38. The maximum Gasteiger partial charge on any atom is 0.231 e. The highest BCUT2D eigenvalue weighted by atomic mass is 79.9. The average molecular weight is 364 g/mol. The molecule has 2 heterocycles. The van der Waals surface area contributed by atoms with Crippen LogP contribution in [0, 0.1) is 5.41 Å². The summed E-state index contributed by atoms with van der Waals surface area (Å²) in [6.45, 7) is 6.43. The second kappa shape index (κ2) is 6.10. The molecule has 6 heteroatoms. The van der Waals surface area contributed by atoms with Crippen LogP contribution in [0.5, 0.6) is 11.5 Å². The molecule has 1 aromatic rings. The van der Waals surface area contributed by atoms with E-state index in [1.54, 1.807) is 0 Å². The van der Waals surface area contributed by atoms with E-state index in [2.05, 4.69) is 33.8 Å². The maximum atomic E-state index is 5.85. The van der Waals surface area contributed by atoms with Crippen LogP contribution < -0.4 is 15.2 Å². The van der Waals surface area contributed by atoms with Crippen molar-refractivity contribution in [3.8, 4) is 11.5 Å². The van der Waals surface area contributed by atoms with Crippen molar-refractivity contribution in [3.05, 3.63) is 22.2 Å². The largest absolute Gasteiger partial charge is 0.454 e. The number of rotatable bonds is 3. The molecule has 4 nitrogen and oxygen atoms in total. The fraction of sp³-hybridized carbons (Fsp3) is 0.571. The third-order valence-electron chi connectivity index (χ3n) is 4.07. The highest BCUT2D eigenvalue weighted by molar-refractivity contribution is 9.10. The molecule has 0 radical (unpaired) electrons. The van der Waals surface area contributed by atoms with Crippen molar-refractivity contribution in [2.45, 2.75) is 19.9 Å². The molecule has 2 aliphatic heterocycles. The first-order valence-electron chi connectivity index (χ1n) is 6.60. The van der Waals surface area contributed by atoms with Crippen LogP contribution in [0.2, 0.25) is 0 Å². The number of halogens is 2. The minimum absolute atomic E-state index is 0. The third-order valence-corrected chi connectivity index (χ3v) is 4.80. The second-order valence-electron chi connectivity index (χ2n) is 5.77. The summed E-state index contributed by atoms with van der Waals surface area (Å²) < 4.78 is 11.9. The Kier molecular flexibility index (Phi) is 4.84. The van der Waals surface area contributed by atoms with Gasteiger partial charge in [0.05, 0.1) is 0 Å². The van der Waals surface area contributed by atoms with E-state index in [0.29, 0.717) is 6.79 Å². The summed E-state index contributed by atoms with van der Waals surface area (Å²) in [4.78, 5) is 2.45. The van der Waals surface area contributed by atoms with E-state index >= 15 is 0 Å². The van der Waals surface area contributed by atoms with Gasteiger partial charge in [-0.3, -0.25) is 4.90 Å². The van der Waals surface area contributed by atoms with Crippen molar-refractivity contribution in [1.82, 2.24) is 4.90 Å². The van der Waals surface area contributed by atoms with Crippen LogP contribution in [0.25, 0.3) is 0 Å². The minimum Gasteiger partial charge on any atom is -0.454 e. The molecule has 0 aromatic heterocycles. The van der Waals surface area contributed by atoms with E-state index in [1.165, 1.54) is 12.0 Å². The SMILES string of the molecule is CC1(CN)CCN(Cc2cc3c(cc2Br)OCO3)C1.Cl. The summed E-state index contributed by atoms with van der Waals surface area (Å²) >= 11 is 3.62. The van der Waals surface area contributed by atoms with Crippen LogP contribution in [-0.4, -0.2) is 31.3 Å². The van der Waals surface area contributed by atoms with Crippen molar-refractivity contribution in [3.63, 3.8) is 0 Å². The zero-order chi connectivity index (χ0) is 13.5. The zero-order valence-electron chi connectivity index (χ0n) is 11.5. The van der Waals surface area contributed by atoms with Gasteiger partial charge in [-0.25, -0.2) is 0 Å². The fourth-order valence-corrected chi connectivity index (χ4v) is 3.20. The van der Waals surface area contributed by atoms with Crippen LogP contribution in [0.4, 0.5) is 0 Å². The Morgan fingerprint density at radius 2 is 2.05 bits per heavy atom. The molecule has 0 spiro atoms. The van der Waals surface area contributed by atoms with Crippen molar-refractivity contribution >= 4 is 28.3 Å². The van der Waals surface area contributed by atoms with Crippen LogP contribution >= 0.6 is 28.3 Å². The van der Waals surface area contributed by atoms with Gasteiger partial charge in [0, 0.05) is 17.6 Å². The van der Waals surface area contributed by atoms with Gasteiger partial charge >= 0.3 is 0 Å². The van der Waals surface area contributed by atoms with Gasteiger partial charge in [-0.1, -0.05) is 22.9 Å². The van der Waals surface area contributed by atoms with Gasteiger partial charge in [-0.2, -0.15) is 0 Å². The standard InChI is InChI=1S/C14H19BrN2O2.ClH/c1-14(7-16)2-3-17(8-14)6-10-4-12-13(5-11(10)15)19-9-18-12;/h4-5H,2-3,6-9,16H2,1H3;1H. The molecule has 1 aromatic carbocycles. The Labute approximate surface area is 134 Å². The first-order chi connectivity index (χ1) is 9.09. The maximum absolute atomic E-state index is 5.85. The Morgan fingerprint density at radius 3 is 2.70 bits per heavy atom. The molecule has 1 saturated heterocycles. The number of nitrogens with two attached hydrogens (primary N) is 1. The van der Waals surface area contributed by atoms with Crippen LogP contribution in [0.1, 0.15) is 18.9 Å². The average Bonchev–Trinajstić information content (AvgIpc) is 2.97. The molecule has 1 fully saturated rings. The van der Waals surface area contributed by atoms with Crippen molar-refractivity contribution in [1.29, 1.82) is 0 Å². The molecule has 112 valence electrons. The summed E-state index contributed by atoms with van der Waals surface area (Å²) in [5, 5.41) is 0. The predicted molar refractivity (Wildman–Crippen MR) is 84.6 cm³/mol. The van der Waals surface area contributed by atoms with E-state index in [9.17, 15) is 0 Å². The smallest absolute Gasteiger partial charge is 0.231 e. The summed E-state index contributed by atoms with van der Waals surface area (Å²) in [5.74, 6) is 1.67. The number of benzene rings is 1. The molecule has 0 bridgehead atoms. The van der Waals surface area contributed by atoms with E-state index in [1.807, 2.05) is 6.07 Å². The van der Waals surface area contributed by atoms with Gasteiger partial charge in [0.15, 0.2) is 11.5 Å². The number of hydrogen-bond donors (Lipinski definition) is 1. The third kappa shape index (κ3) is 3.06. The van der Waals surface area contributed by atoms with Crippen LogP contribution in [-0.2, 0) is 6.54 Å². The van der Waals surface area contributed by atoms with E-state index in [-0.39, 0.29) is 17.8 Å². The fourth-order valence-electron chi connectivity index (χ4n) is 2.75. The van der Waals surface area contributed by atoms with Crippen LogP contribution in [0.15, 0.2) is 16.6 Å². The monoisotopic (exact) mass is 362 g/mol. The summed E-state index contributed by atoms with van der Waals surface area (Å²) in [6, 6.07) is 4.07. The first kappa shape index (κ1) is 15.9. The topological polar surface area (TPSA) is 47.7 Å². The lowest BCUT2D eigenvalue weighted by molar-refractivity contribution is 0.174. The molecule has 2 N–H and O–H groups in total. The first-order valence-corrected chi connectivity index (χ1v) is 7.39. The molecule has 0 saturated carbocycles. The molecule has 20 heavy (non-hydrogen) atoms. The summed E-state index contributed by atoms with van der Waals surface area (Å²) in [7, 11) is 0. The van der Waals surface area contributed by atoms with Gasteiger partial charge in [0.2, 0.25) is 6.79 Å². The van der Waals surface area contributed by atoms with Crippen LogP contribution in [0.3, 0.4) is 0 Å². The molecule has 0 amide bonds. The lowest BCUT2D eigenvalue weighted by atomic mass is 9.90. The second-order valence-corrected chi connectivity index (χ2v) is 6.63. The molecule has 1 unspecified atom stereocenters. The Balaban J connectivity index is 0.00000147. The van der Waals surface area contributed by atoms with E-state index < -0.39 is 0 Å². The van der Waals surface area contributed by atoms with Crippen molar-refractivity contribution in [2.24, 2.45) is 11.1 Å². The number of ether oxygens (including phenoxy) is 2. The van der Waals surface area contributed by atoms with Gasteiger partial charge < -0.3 is 15.2 Å². The van der Waals surface area contributed by atoms with Gasteiger partial charge in [-0.15, -0.1) is 12.4 Å². The predicted octanol–water partition coefficient (Wildman–Crippen LogP) is 2.77. The van der Waals surface area contributed by atoms with Gasteiger partial charge in [0.25, 0.3) is 0 Å². The Bertz CT molecular complexity index is 500. The molecular weight excluding hydrogens is 344 g/mol. The molecule has 1 atom stereocenters. The summed E-state index contributed by atoms with van der Waals surface area (Å²) in [6.07, 6.45) is 1.17. The molecule has 0 aliphatic carbocycles. The van der Waals surface area contributed by atoms with Crippen molar-refractivity contribution in [2.75, 3.05) is 26.4 Å². The summed E-state index contributed by atoms with van der Waals surface area (Å²) in [5.41, 5.74) is 7.36. The number of fused-ring (bicyclic) bond motifs is 1. The van der Waals surface area contributed by atoms with Gasteiger partial charge in [0.1, 0.15) is 0 Å². The zero-order valence-corrected chi connectivity index (χ0v) is 13.9. The Hall–Kier alpha value is -0.490. The normalized spacial score (nSPS) is 24.8. The van der Waals surface area contributed by atoms with E-state index in [0.717, 1.165) is 42.2 Å². The molecular formula is C14H20BrClN2O2. The molecule has 2 aliphatic rings. The van der Waals surface area contributed by atoms with Gasteiger partial charge in [-0.05, 0) is 42.6 Å². The number of hydrogen-bond acceptors (Lipinski definition) is 4. The lowest BCUT2D eigenvalue weighted by Gasteiger charge is -2.23. The number of nitrogens with zero attached hydrogens (tertiary/aromatic N) is 1. The Morgan fingerprint density at radius 1 is 1.35 bits per heavy atom. The highest BCUT2D eigenvalue weighted by Gasteiger charge is 2.32. The minimum atomic E-state index is 0. The lowest BCUT2D eigenvalue weighted by Crippen LogP contribution is -2.31.